The molecule has 2 aromatic carbocycles. The average molecular weight is 314 g/mol. The third-order valence-corrected chi connectivity index (χ3v) is 3.64. The minimum Gasteiger partial charge on any atom is -0.494 e. The number of fused-ring (bicyclic) bond motifs is 1. The molecule has 2 N–H and O–H groups in total. The second kappa shape index (κ2) is 6.24. The maximum atomic E-state index is 6.13. The van der Waals surface area contributed by atoms with Crippen LogP contribution in [0.4, 0.5) is 11.4 Å². The number of anilines is 2. The highest BCUT2D eigenvalue weighted by molar-refractivity contribution is 6.31. The lowest BCUT2D eigenvalue weighted by Crippen LogP contribution is -2.09. The van der Waals surface area contributed by atoms with E-state index in [1.807, 2.05) is 56.3 Å². The van der Waals surface area contributed by atoms with Crippen LogP contribution >= 0.6 is 11.6 Å². The molecule has 1 aromatic heterocycles. The van der Waals surface area contributed by atoms with Crippen molar-refractivity contribution in [3.05, 3.63) is 59.2 Å². The van der Waals surface area contributed by atoms with E-state index in [0.29, 0.717) is 6.61 Å². The number of ether oxygens (including phenoxy) is 1. The van der Waals surface area contributed by atoms with Crippen molar-refractivity contribution in [3.63, 3.8) is 0 Å². The van der Waals surface area contributed by atoms with E-state index in [4.69, 9.17) is 16.3 Å². The minimum absolute atomic E-state index is 0.670. The molecule has 0 saturated heterocycles. The maximum Gasteiger partial charge on any atom is 0.213 e. The molecule has 0 aliphatic carbocycles. The average Bonchev–Trinajstić information content (AvgIpc) is 2.50. The van der Waals surface area contributed by atoms with E-state index in [0.717, 1.165) is 38.7 Å². The monoisotopic (exact) mass is 313 g/mol. The van der Waals surface area contributed by atoms with Crippen molar-refractivity contribution >= 4 is 33.9 Å². The summed E-state index contributed by atoms with van der Waals surface area (Å²) in [5.74, 6) is 0.874. The van der Waals surface area contributed by atoms with Gasteiger partial charge in [0.15, 0.2) is 5.69 Å². The molecule has 0 bridgehead atoms. The van der Waals surface area contributed by atoms with Crippen LogP contribution in [0.5, 0.6) is 5.75 Å². The molecule has 3 nitrogen and oxygen atoms in total. The Kier molecular flexibility index (Phi) is 4.16. The first kappa shape index (κ1) is 14.7. The van der Waals surface area contributed by atoms with Gasteiger partial charge >= 0.3 is 0 Å². The topological polar surface area (TPSA) is 35.4 Å². The van der Waals surface area contributed by atoms with Gasteiger partial charge < -0.3 is 10.1 Å². The summed E-state index contributed by atoms with van der Waals surface area (Å²) in [4.78, 5) is 3.35. The van der Waals surface area contributed by atoms with Crippen molar-refractivity contribution in [2.24, 2.45) is 0 Å². The zero-order valence-electron chi connectivity index (χ0n) is 12.6. The number of hydrogen-bond donors (Lipinski definition) is 1. The highest BCUT2D eigenvalue weighted by Gasteiger charge is 2.10. The van der Waals surface area contributed by atoms with Gasteiger partial charge in [0.2, 0.25) is 5.52 Å². The zero-order chi connectivity index (χ0) is 15.5. The quantitative estimate of drug-likeness (QED) is 0.754. The van der Waals surface area contributed by atoms with Crippen LogP contribution in [0.1, 0.15) is 12.6 Å². The molecular formula is C18H18ClN2O+. The number of benzene rings is 2. The fourth-order valence-corrected chi connectivity index (χ4v) is 2.62. The Morgan fingerprint density at radius 3 is 2.59 bits per heavy atom. The van der Waals surface area contributed by atoms with Crippen LogP contribution in [0.3, 0.4) is 0 Å². The fraction of sp³-hybridized carbons (Fsp3) is 0.167. The van der Waals surface area contributed by atoms with E-state index in [-0.39, 0.29) is 0 Å². The lowest BCUT2D eigenvalue weighted by atomic mass is 10.1. The molecule has 1 heterocycles. The Hall–Kier alpha value is -2.26. The van der Waals surface area contributed by atoms with Crippen molar-refractivity contribution in [1.82, 2.24) is 0 Å². The van der Waals surface area contributed by atoms with E-state index < -0.39 is 0 Å². The predicted molar refractivity (Wildman–Crippen MR) is 91.1 cm³/mol. The number of nitrogens with one attached hydrogen (secondary N) is 2. The van der Waals surface area contributed by atoms with Crippen molar-refractivity contribution in [3.8, 4) is 5.75 Å². The predicted octanol–water partition coefficient (Wildman–Crippen LogP) is 4.76. The third-order valence-electron chi connectivity index (χ3n) is 3.41. The molecule has 0 atom stereocenters. The van der Waals surface area contributed by atoms with Gasteiger partial charge in [0.1, 0.15) is 5.75 Å². The molecule has 3 aromatic rings. The van der Waals surface area contributed by atoms with Crippen LogP contribution < -0.4 is 15.0 Å². The van der Waals surface area contributed by atoms with Crippen LogP contribution in [0, 0.1) is 6.92 Å². The van der Waals surface area contributed by atoms with Gasteiger partial charge in [0.25, 0.3) is 0 Å². The fourth-order valence-electron chi connectivity index (χ4n) is 2.45. The molecule has 0 radical (unpaired) electrons. The standard InChI is InChI=1S/C18H17ClN2O/c1-3-22-15-7-5-14(6-8-15)21-18-10-12(2)20-17-9-4-13(19)11-16(17)18/h4-11H,3H2,1-2H3,(H,20,21)/p+1. The molecule has 0 fully saturated rings. The molecular weight excluding hydrogens is 296 g/mol. The Labute approximate surface area is 134 Å². The lowest BCUT2D eigenvalue weighted by molar-refractivity contribution is -0.354. The largest absolute Gasteiger partial charge is 0.494 e. The van der Waals surface area contributed by atoms with Crippen molar-refractivity contribution < 1.29 is 9.72 Å². The smallest absolute Gasteiger partial charge is 0.213 e. The highest BCUT2D eigenvalue weighted by atomic mass is 35.5. The van der Waals surface area contributed by atoms with E-state index in [9.17, 15) is 0 Å². The Balaban J connectivity index is 1.97. The van der Waals surface area contributed by atoms with E-state index in [2.05, 4.69) is 16.4 Å². The molecule has 4 heteroatoms. The molecule has 0 saturated carbocycles. The van der Waals surface area contributed by atoms with E-state index >= 15 is 0 Å². The van der Waals surface area contributed by atoms with Crippen LogP contribution in [0.25, 0.3) is 10.9 Å². The second-order valence-corrected chi connectivity index (χ2v) is 5.57. The first-order valence-corrected chi connectivity index (χ1v) is 7.65. The zero-order valence-corrected chi connectivity index (χ0v) is 13.4. The number of aromatic nitrogens is 1. The molecule has 0 aliphatic rings. The van der Waals surface area contributed by atoms with Crippen molar-refractivity contribution in [2.75, 3.05) is 11.9 Å². The highest BCUT2D eigenvalue weighted by Crippen LogP contribution is 2.28. The van der Waals surface area contributed by atoms with E-state index in [1.54, 1.807) is 0 Å². The number of hydrogen-bond acceptors (Lipinski definition) is 2. The van der Waals surface area contributed by atoms with Gasteiger partial charge in [-0.25, -0.2) is 4.98 Å². The van der Waals surface area contributed by atoms with Crippen LogP contribution in [-0.4, -0.2) is 6.61 Å². The number of rotatable bonds is 4. The number of pyridine rings is 1. The number of aromatic amines is 1. The summed E-state index contributed by atoms with van der Waals surface area (Å²) in [6.07, 6.45) is 0. The summed E-state index contributed by atoms with van der Waals surface area (Å²) < 4.78 is 5.47. The first-order chi connectivity index (χ1) is 10.7. The van der Waals surface area contributed by atoms with Gasteiger partial charge in [0.05, 0.1) is 17.7 Å². The summed E-state index contributed by atoms with van der Waals surface area (Å²) in [6, 6.07) is 15.9. The first-order valence-electron chi connectivity index (χ1n) is 7.28. The van der Waals surface area contributed by atoms with Crippen molar-refractivity contribution in [2.45, 2.75) is 13.8 Å². The SMILES string of the molecule is CCOc1ccc(Nc2cc(C)[nH+]c3ccc(Cl)cc23)cc1. The molecule has 112 valence electrons. The molecule has 0 spiro atoms. The summed E-state index contributed by atoms with van der Waals surface area (Å²) in [7, 11) is 0. The molecule has 0 unspecified atom stereocenters. The van der Waals surface area contributed by atoms with Gasteiger partial charge in [-0.3, -0.25) is 0 Å². The van der Waals surface area contributed by atoms with Gasteiger partial charge in [0, 0.05) is 29.8 Å². The van der Waals surface area contributed by atoms with Crippen LogP contribution in [0.2, 0.25) is 5.02 Å². The van der Waals surface area contributed by atoms with Gasteiger partial charge in [-0.15, -0.1) is 0 Å². The summed E-state index contributed by atoms with van der Waals surface area (Å²) in [5, 5.41) is 5.23. The van der Waals surface area contributed by atoms with E-state index in [1.165, 1.54) is 0 Å². The molecule has 3 rings (SSSR count). The lowest BCUT2D eigenvalue weighted by Gasteiger charge is -2.10. The van der Waals surface area contributed by atoms with Crippen molar-refractivity contribution in [1.29, 1.82) is 0 Å². The second-order valence-electron chi connectivity index (χ2n) is 5.14. The van der Waals surface area contributed by atoms with Crippen LogP contribution in [-0.2, 0) is 0 Å². The Morgan fingerprint density at radius 1 is 1.09 bits per heavy atom. The number of aryl methyl sites for hydroxylation is 1. The minimum atomic E-state index is 0.670. The normalized spacial score (nSPS) is 10.7. The maximum absolute atomic E-state index is 6.13. The number of H-pyrrole nitrogens is 1. The molecule has 0 aliphatic heterocycles. The van der Waals surface area contributed by atoms with Gasteiger partial charge in [-0.2, -0.15) is 0 Å². The molecule has 0 amide bonds. The Bertz CT molecular complexity index is 800. The number of halogens is 1. The summed E-state index contributed by atoms with van der Waals surface area (Å²) in [6.45, 7) is 4.69. The molecule has 22 heavy (non-hydrogen) atoms. The third kappa shape index (κ3) is 3.15. The summed E-state index contributed by atoms with van der Waals surface area (Å²) >= 11 is 6.13. The van der Waals surface area contributed by atoms with Crippen LogP contribution in [0.15, 0.2) is 48.5 Å². The van der Waals surface area contributed by atoms with Gasteiger partial charge in [-0.1, -0.05) is 11.6 Å². The summed E-state index contributed by atoms with van der Waals surface area (Å²) in [5.41, 5.74) is 4.18. The Morgan fingerprint density at radius 2 is 1.86 bits per heavy atom. The van der Waals surface area contributed by atoms with Gasteiger partial charge in [-0.05, 0) is 43.3 Å².